The van der Waals surface area contributed by atoms with Gasteiger partial charge in [0.05, 0.1) is 24.3 Å². The molecule has 3 heterocycles. The third-order valence-electron chi connectivity index (χ3n) is 4.33. The van der Waals surface area contributed by atoms with Crippen LogP contribution in [0, 0.1) is 5.82 Å². The van der Waals surface area contributed by atoms with Crippen LogP contribution >= 0.6 is 0 Å². The lowest BCUT2D eigenvalue weighted by Gasteiger charge is -2.18. The average Bonchev–Trinajstić information content (AvgIpc) is 3.44. The predicted octanol–water partition coefficient (Wildman–Crippen LogP) is 3.65. The number of nitrogens with one attached hydrogen (secondary N) is 2. The number of aryl methyl sites for hydroxylation is 1. The highest BCUT2D eigenvalue weighted by molar-refractivity contribution is 5.67. The largest absolute Gasteiger partial charge is 0.444 e. The average molecular weight is 435 g/mol. The molecule has 10 heteroatoms. The zero-order chi connectivity index (χ0) is 23.0. The van der Waals surface area contributed by atoms with Crippen molar-refractivity contribution >= 4 is 11.6 Å². The van der Waals surface area contributed by atoms with Crippen molar-refractivity contribution in [1.29, 1.82) is 0 Å². The van der Waals surface area contributed by atoms with E-state index in [1.54, 1.807) is 30.3 Å². The summed E-state index contributed by atoms with van der Waals surface area (Å²) in [6.45, 7) is 5.46. The van der Waals surface area contributed by atoms with E-state index >= 15 is 0 Å². The number of hydrogen-bond donors (Lipinski definition) is 2. The molecule has 0 atom stereocenters. The molecule has 0 aromatic carbocycles. The highest BCUT2D eigenvalue weighted by Crippen LogP contribution is 2.15. The van der Waals surface area contributed by atoms with Crippen molar-refractivity contribution in [2.24, 2.45) is 7.05 Å². The van der Waals surface area contributed by atoms with Crippen molar-refractivity contribution in [2.75, 3.05) is 7.05 Å². The van der Waals surface area contributed by atoms with Crippen molar-refractivity contribution in [3.8, 4) is 11.3 Å². The summed E-state index contributed by atoms with van der Waals surface area (Å²) in [6, 6.07) is 0. The van der Waals surface area contributed by atoms with Gasteiger partial charge in [0.25, 0.3) is 5.56 Å². The molecule has 0 aliphatic heterocycles. The van der Waals surface area contributed by atoms with Crippen LogP contribution in [0.2, 0.25) is 0 Å². The summed E-state index contributed by atoms with van der Waals surface area (Å²) in [4.78, 5) is 24.8. The van der Waals surface area contributed by atoms with Crippen LogP contribution in [0.4, 0.5) is 9.18 Å². The van der Waals surface area contributed by atoms with Crippen molar-refractivity contribution in [3.05, 3.63) is 41.0 Å². The minimum atomic E-state index is -0.635. The number of amides is 1. The van der Waals surface area contributed by atoms with E-state index in [1.807, 2.05) is 20.8 Å². The number of aromatic amines is 1. The Labute approximate surface area is 180 Å². The molecule has 4 rings (SSSR count). The molecule has 3 aromatic rings. The molecule has 0 unspecified atom stereocenters. The number of carbonyl (C=O) groups is 1. The summed E-state index contributed by atoms with van der Waals surface area (Å²) in [5, 5.41) is 10.1. The third-order valence-corrected chi connectivity index (χ3v) is 4.33. The molecule has 0 saturated heterocycles. The van der Waals surface area contributed by atoms with Gasteiger partial charge in [0, 0.05) is 25.9 Å². The van der Waals surface area contributed by atoms with Crippen LogP contribution in [-0.2, 0) is 11.8 Å². The number of halogens is 1. The van der Waals surface area contributed by atoms with E-state index in [-0.39, 0.29) is 17.2 Å². The Bertz CT molecular complexity index is 1040. The van der Waals surface area contributed by atoms with Crippen LogP contribution in [0.5, 0.6) is 0 Å². The molecule has 1 aliphatic rings. The van der Waals surface area contributed by atoms with Gasteiger partial charge in [-0.05, 0) is 20.8 Å². The molecular formula is C21H31FN6O3. The highest BCUT2D eigenvalue weighted by atomic mass is 19.1. The fourth-order valence-corrected chi connectivity index (χ4v) is 2.91. The molecule has 1 fully saturated rings. The van der Waals surface area contributed by atoms with E-state index in [1.165, 1.54) is 43.7 Å². The molecule has 9 nitrogen and oxygen atoms in total. The second kappa shape index (κ2) is 10.7. The van der Waals surface area contributed by atoms with Crippen molar-refractivity contribution in [3.63, 3.8) is 0 Å². The zero-order valence-electron chi connectivity index (χ0n) is 18.7. The predicted molar refractivity (Wildman–Crippen MR) is 116 cm³/mol. The normalized spacial score (nSPS) is 13.1. The van der Waals surface area contributed by atoms with Gasteiger partial charge < -0.3 is 15.0 Å². The first-order valence-corrected chi connectivity index (χ1v) is 10.3. The maximum Gasteiger partial charge on any atom is 0.407 e. The molecule has 0 spiro atoms. The van der Waals surface area contributed by atoms with Crippen molar-refractivity contribution < 1.29 is 13.9 Å². The maximum absolute atomic E-state index is 13.2. The number of rotatable bonds is 1. The number of hydrogen-bond acceptors (Lipinski definition) is 5. The van der Waals surface area contributed by atoms with Gasteiger partial charge >= 0.3 is 6.09 Å². The minimum absolute atomic E-state index is 0.0855. The first-order chi connectivity index (χ1) is 14.6. The lowest BCUT2D eigenvalue weighted by Crippen LogP contribution is -2.30. The maximum atomic E-state index is 13.2. The van der Waals surface area contributed by atoms with E-state index < -0.39 is 11.4 Å². The number of ether oxygens (including phenoxy) is 1. The van der Waals surface area contributed by atoms with Gasteiger partial charge in [-0.15, -0.1) is 0 Å². The van der Waals surface area contributed by atoms with E-state index in [9.17, 15) is 14.0 Å². The lowest BCUT2D eigenvalue weighted by atomic mass is 10.2. The van der Waals surface area contributed by atoms with Gasteiger partial charge in [0.1, 0.15) is 5.60 Å². The Balaban J connectivity index is 0.000000204. The standard InChI is InChI=1S/C10H8FN5O.C6H13NO2.C5H10/c1-15-4-6(2-12-15)8-5-16-9(10(17)14-8)7(11)3-13-16;1-6(2,3)9-5(8)7-4;1-2-4-5-3-1/h2-5H,1H3,(H,14,17);1-4H3,(H,7,8);1-5H2. The van der Waals surface area contributed by atoms with Gasteiger partial charge in [0.2, 0.25) is 0 Å². The summed E-state index contributed by atoms with van der Waals surface area (Å²) in [5.74, 6) is -0.635. The van der Waals surface area contributed by atoms with E-state index in [0.29, 0.717) is 5.69 Å². The van der Waals surface area contributed by atoms with Crippen LogP contribution in [0.25, 0.3) is 16.8 Å². The Morgan fingerprint density at radius 2 is 1.74 bits per heavy atom. The number of alkyl carbamates (subject to hydrolysis) is 1. The first-order valence-electron chi connectivity index (χ1n) is 10.3. The molecule has 31 heavy (non-hydrogen) atoms. The van der Waals surface area contributed by atoms with Crippen LogP contribution in [0.15, 0.2) is 29.6 Å². The Hall–Kier alpha value is -3.17. The third kappa shape index (κ3) is 7.54. The van der Waals surface area contributed by atoms with Gasteiger partial charge in [0.15, 0.2) is 11.3 Å². The Kier molecular flexibility index (Phi) is 8.35. The minimum Gasteiger partial charge on any atom is -0.444 e. The molecule has 2 N–H and O–H groups in total. The second-order valence-corrected chi connectivity index (χ2v) is 8.20. The molecule has 3 aromatic heterocycles. The fraction of sp³-hybridized carbons (Fsp3) is 0.524. The molecule has 1 aliphatic carbocycles. The van der Waals surface area contributed by atoms with Gasteiger partial charge in [-0.2, -0.15) is 10.2 Å². The summed E-state index contributed by atoms with van der Waals surface area (Å²) < 4.78 is 20.9. The van der Waals surface area contributed by atoms with Crippen LogP contribution in [0.1, 0.15) is 52.9 Å². The van der Waals surface area contributed by atoms with Crippen molar-refractivity contribution in [2.45, 2.75) is 58.5 Å². The van der Waals surface area contributed by atoms with Crippen LogP contribution < -0.4 is 10.9 Å². The SMILES string of the molecule is C1CCCC1.CNC(=O)OC(C)(C)C.Cn1cc(-c2cn3ncc(F)c3c(=O)[nH]2)cn1. The van der Waals surface area contributed by atoms with Gasteiger partial charge in [-0.3, -0.25) is 9.48 Å². The number of H-pyrrole nitrogens is 1. The Morgan fingerprint density at radius 1 is 1.13 bits per heavy atom. The molecule has 170 valence electrons. The molecule has 0 radical (unpaired) electrons. The van der Waals surface area contributed by atoms with E-state index in [2.05, 4.69) is 20.5 Å². The summed E-state index contributed by atoms with van der Waals surface area (Å²) >= 11 is 0. The second-order valence-electron chi connectivity index (χ2n) is 8.20. The first kappa shape index (κ1) is 24.1. The number of nitrogens with zero attached hydrogens (tertiary/aromatic N) is 4. The Morgan fingerprint density at radius 3 is 2.19 bits per heavy atom. The molecule has 1 amide bonds. The number of fused-ring (bicyclic) bond motifs is 1. The van der Waals surface area contributed by atoms with Crippen LogP contribution in [0.3, 0.4) is 0 Å². The molecular weight excluding hydrogens is 403 g/mol. The van der Waals surface area contributed by atoms with Crippen LogP contribution in [-0.4, -0.2) is 43.1 Å². The topological polar surface area (TPSA) is 106 Å². The fourth-order valence-electron chi connectivity index (χ4n) is 2.91. The van der Waals surface area contributed by atoms with Gasteiger partial charge in [-0.25, -0.2) is 13.7 Å². The van der Waals surface area contributed by atoms with Gasteiger partial charge in [-0.1, -0.05) is 32.1 Å². The molecule has 0 bridgehead atoms. The number of aromatic nitrogens is 5. The summed E-state index contributed by atoms with van der Waals surface area (Å²) in [5.41, 5.74) is 0.292. The summed E-state index contributed by atoms with van der Waals surface area (Å²) in [7, 11) is 3.31. The smallest absolute Gasteiger partial charge is 0.407 e. The highest BCUT2D eigenvalue weighted by Gasteiger charge is 2.14. The van der Waals surface area contributed by atoms with Crippen molar-refractivity contribution in [1.82, 2.24) is 29.7 Å². The monoisotopic (exact) mass is 434 g/mol. The quantitative estimate of drug-likeness (QED) is 0.608. The summed E-state index contributed by atoms with van der Waals surface area (Å²) in [6.07, 6.45) is 13.0. The van der Waals surface area contributed by atoms with E-state index in [0.717, 1.165) is 11.8 Å². The van der Waals surface area contributed by atoms with E-state index in [4.69, 9.17) is 4.74 Å². The zero-order valence-corrected chi connectivity index (χ0v) is 18.7. The lowest BCUT2D eigenvalue weighted by molar-refractivity contribution is 0.0541. The number of carbonyl (C=O) groups excluding carboxylic acids is 1. The molecule has 1 saturated carbocycles.